The van der Waals surface area contributed by atoms with Gasteiger partial charge in [0.2, 0.25) is 5.95 Å². The molecule has 0 aliphatic heterocycles. The Bertz CT molecular complexity index is 884. The van der Waals surface area contributed by atoms with Crippen LogP contribution >= 0.6 is 11.3 Å². The van der Waals surface area contributed by atoms with E-state index in [0.717, 1.165) is 27.7 Å². The maximum atomic E-state index is 11.8. The van der Waals surface area contributed by atoms with E-state index in [0.29, 0.717) is 5.95 Å². The molecular formula is C16H16N4O2S. The van der Waals surface area contributed by atoms with E-state index in [1.165, 1.54) is 11.3 Å². The van der Waals surface area contributed by atoms with Crippen LogP contribution < -0.4 is 14.9 Å². The Balaban J connectivity index is 1.90. The first kappa shape index (κ1) is 15.2. The molecule has 0 atom stereocenters. The Labute approximate surface area is 137 Å². The minimum Gasteiger partial charge on any atom is -0.497 e. The Hall–Kier alpha value is -2.67. The molecule has 23 heavy (non-hydrogen) atoms. The SMILES string of the molecule is COc1ccc(Nc2nccc(-c3sc(=O)n(C)c3C)n2)cc1. The summed E-state index contributed by atoms with van der Waals surface area (Å²) in [7, 11) is 3.39. The van der Waals surface area contributed by atoms with Crippen molar-refractivity contribution in [2.24, 2.45) is 7.05 Å². The van der Waals surface area contributed by atoms with Crippen LogP contribution in [-0.2, 0) is 7.05 Å². The van der Waals surface area contributed by atoms with Gasteiger partial charge in [0, 0.05) is 24.6 Å². The van der Waals surface area contributed by atoms with Crippen LogP contribution in [0.1, 0.15) is 5.69 Å². The lowest BCUT2D eigenvalue weighted by Gasteiger charge is -2.07. The molecule has 3 rings (SSSR count). The summed E-state index contributed by atoms with van der Waals surface area (Å²) in [6.45, 7) is 1.91. The van der Waals surface area contributed by atoms with E-state index in [-0.39, 0.29) is 4.87 Å². The van der Waals surface area contributed by atoms with Crippen molar-refractivity contribution in [3.05, 3.63) is 51.9 Å². The van der Waals surface area contributed by atoms with Crippen molar-refractivity contribution in [2.75, 3.05) is 12.4 Å². The van der Waals surface area contributed by atoms with Crippen LogP contribution in [-0.4, -0.2) is 21.6 Å². The number of nitrogens with zero attached hydrogens (tertiary/aromatic N) is 3. The number of hydrogen-bond donors (Lipinski definition) is 1. The average Bonchev–Trinajstić information content (AvgIpc) is 2.83. The van der Waals surface area contributed by atoms with Crippen molar-refractivity contribution in [2.45, 2.75) is 6.92 Å². The highest BCUT2D eigenvalue weighted by atomic mass is 32.1. The van der Waals surface area contributed by atoms with Crippen LogP contribution in [0.4, 0.5) is 11.6 Å². The molecule has 0 saturated heterocycles. The zero-order valence-electron chi connectivity index (χ0n) is 13.0. The first-order valence-electron chi connectivity index (χ1n) is 6.99. The van der Waals surface area contributed by atoms with Crippen LogP contribution in [0, 0.1) is 6.92 Å². The van der Waals surface area contributed by atoms with Crippen LogP contribution in [0.5, 0.6) is 5.75 Å². The molecular weight excluding hydrogens is 312 g/mol. The number of benzene rings is 1. The molecule has 0 amide bonds. The van der Waals surface area contributed by atoms with E-state index >= 15 is 0 Å². The van der Waals surface area contributed by atoms with E-state index in [2.05, 4.69) is 15.3 Å². The maximum absolute atomic E-state index is 11.8. The van der Waals surface area contributed by atoms with E-state index in [1.54, 1.807) is 31.0 Å². The second-order valence-corrected chi connectivity index (χ2v) is 5.92. The average molecular weight is 328 g/mol. The molecule has 0 radical (unpaired) electrons. The van der Waals surface area contributed by atoms with Gasteiger partial charge < -0.3 is 14.6 Å². The van der Waals surface area contributed by atoms with Gasteiger partial charge in [0.15, 0.2) is 0 Å². The van der Waals surface area contributed by atoms with Gasteiger partial charge in [0.25, 0.3) is 0 Å². The number of methoxy groups -OCH3 is 1. The minimum absolute atomic E-state index is 0.000718. The Kier molecular flexibility index (Phi) is 4.12. The molecule has 7 heteroatoms. The maximum Gasteiger partial charge on any atom is 0.307 e. The van der Waals surface area contributed by atoms with Gasteiger partial charge in [-0.15, -0.1) is 0 Å². The van der Waals surface area contributed by atoms with Crippen molar-refractivity contribution in [3.8, 4) is 16.3 Å². The number of anilines is 2. The summed E-state index contributed by atoms with van der Waals surface area (Å²) in [6.07, 6.45) is 1.68. The smallest absolute Gasteiger partial charge is 0.307 e. The lowest BCUT2D eigenvalue weighted by molar-refractivity contribution is 0.415. The Morgan fingerprint density at radius 2 is 1.96 bits per heavy atom. The van der Waals surface area contributed by atoms with Crippen LogP contribution in [0.15, 0.2) is 41.3 Å². The molecule has 0 spiro atoms. The van der Waals surface area contributed by atoms with Gasteiger partial charge in [-0.1, -0.05) is 11.3 Å². The molecule has 1 aromatic carbocycles. The van der Waals surface area contributed by atoms with Crippen LogP contribution in [0.25, 0.3) is 10.6 Å². The van der Waals surface area contributed by atoms with Crippen molar-refractivity contribution < 1.29 is 4.74 Å². The minimum atomic E-state index is 0.000718. The summed E-state index contributed by atoms with van der Waals surface area (Å²) >= 11 is 1.19. The van der Waals surface area contributed by atoms with Crippen molar-refractivity contribution in [1.82, 2.24) is 14.5 Å². The largest absolute Gasteiger partial charge is 0.497 e. The van der Waals surface area contributed by atoms with E-state index in [1.807, 2.05) is 31.2 Å². The highest BCUT2D eigenvalue weighted by molar-refractivity contribution is 7.13. The van der Waals surface area contributed by atoms with Gasteiger partial charge in [-0.05, 0) is 37.3 Å². The molecule has 0 saturated carbocycles. The zero-order valence-corrected chi connectivity index (χ0v) is 13.8. The third-order valence-corrected chi connectivity index (χ3v) is 4.69. The fourth-order valence-electron chi connectivity index (χ4n) is 2.11. The zero-order chi connectivity index (χ0) is 16.4. The van der Waals surface area contributed by atoms with Gasteiger partial charge >= 0.3 is 4.87 Å². The first-order valence-corrected chi connectivity index (χ1v) is 7.81. The van der Waals surface area contributed by atoms with E-state index in [4.69, 9.17) is 4.74 Å². The third kappa shape index (κ3) is 3.09. The summed E-state index contributed by atoms with van der Waals surface area (Å²) in [6, 6.07) is 9.30. The number of thiazole rings is 1. The van der Waals surface area contributed by atoms with Crippen molar-refractivity contribution >= 4 is 23.0 Å². The highest BCUT2D eigenvalue weighted by Gasteiger charge is 2.12. The lowest BCUT2D eigenvalue weighted by Crippen LogP contribution is -2.08. The van der Waals surface area contributed by atoms with E-state index in [9.17, 15) is 4.79 Å². The number of ether oxygens (including phenoxy) is 1. The Morgan fingerprint density at radius 1 is 1.22 bits per heavy atom. The third-order valence-electron chi connectivity index (χ3n) is 3.53. The first-order chi connectivity index (χ1) is 11.1. The number of aromatic nitrogens is 3. The number of nitrogens with one attached hydrogen (secondary N) is 1. The molecule has 0 unspecified atom stereocenters. The second kappa shape index (κ2) is 6.21. The normalized spacial score (nSPS) is 10.6. The van der Waals surface area contributed by atoms with Crippen molar-refractivity contribution in [3.63, 3.8) is 0 Å². The highest BCUT2D eigenvalue weighted by Crippen LogP contribution is 2.25. The molecule has 0 fully saturated rings. The van der Waals surface area contributed by atoms with E-state index < -0.39 is 0 Å². The topological polar surface area (TPSA) is 69.0 Å². The molecule has 2 heterocycles. The molecule has 3 aromatic rings. The van der Waals surface area contributed by atoms with Gasteiger partial charge in [-0.25, -0.2) is 9.97 Å². The number of rotatable bonds is 4. The molecule has 118 valence electrons. The van der Waals surface area contributed by atoms with Crippen molar-refractivity contribution in [1.29, 1.82) is 0 Å². The summed E-state index contributed by atoms with van der Waals surface area (Å²) in [5, 5.41) is 3.15. The molecule has 6 nitrogen and oxygen atoms in total. The molecule has 2 aromatic heterocycles. The standard InChI is InChI=1S/C16H16N4O2S/c1-10-14(23-16(21)20(10)2)13-8-9-17-15(19-13)18-11-4-6-12(22-3)7-5-11/h4-9H,1-3H3,(H,17,18,19). The predicted octanol–water partition coefficient (Wildman–Crippen LogP) is 2.96. The second-order valence-electron chi connectivity index (χ2n) is 4.96. The Morgan fingerprint density at radius 3 is 2.57 bits per heavy atom. The van der Waals surface area contributed by atoms with Gasteiger partial charge in [0.05, 0.1) is 17.7 Å². The molecule has 0 bridgehead atoms. The van der Waals surface area contributed by atoms with Gasteiger partial charge in [-0.2, -0.15) is 0 Å². The summed E-state index contributed by atoms with van der Waals surface area (Å²) in [4.78, 5) is 21.4. The van der Waals surface area contributed by atoms with Gasteiger partial charge in [0.1, 0.15) is 5.75 Å². The molecule has 0 aliphatic carbocycles. The quantitative estimate of drug-likeness (QED) is 0.797. The molecule has 0 aliphatic rings. The predicted molar refractivity (Wildman–Crippen MR) is 91.6 cm³/mol. The van der Waals surface area contributed by atoms with Crippen LogP contribution in [0.3, 0.4) is 0 Å². The summed E-state index contributed by atoms with van der Waals surface area (Å²) in [5.74, 6) is 1.27. The summed E-state index contributed by atoms with van der Waals surface area (Å²) < 4.78 is 6.76. The lowest BCUT2D eigenvalue weighted by atomic mass is 10.3. The molecule has 1 N–H and O–H groups in total. The van der Waals surface area contributed by atoms with Crippen LogP contribution in [0.2, 0.25) is 0 Å². The monoisotopic (exact) mass is 328 g/mol. The fraction of sp³-hybridized carbons (Fsp3) is 0.188. The summed E-state index contributed by atoms with van der Waals surface area (Å²) in [5.41, 5.74) is 2.49. The van der Waals surface area contributed by atoms with Gasteiger partial charge in [-0.3, -0.25) is 4.79 Å². The fourth-order valence-corrected chi connectivity index (χ4v) is 3.06. The number of hydrogen-bond acceptors (Lipinski definition) is 6.